The van der Waals surface area contributed by atoms with Crippen LogP contribution in [-0.4, -0.2) is 87.3 Å². The zero-order chi connectivity index (χ0) is 19.1. The molecule has 2 amide bonds. The summed E-state index contributed by atoms with van der Waals surface area (Å²) in [7, 11) is 1.91. The maximum Gasteiger partial charge on any atom is 0.242 e. The van der Waals surface area contributed by atoms with E-state index in [1.165, 1.54) is 0 Å². The van der Waals surface area contributed by atoms with Crippen molar-refractivity contribution in [1.29, 1.82) is 0 Å². The quantitative estimate of drug-likeness (QED) is 0.768. The minimum atomic E-state index is -0.202. The van der Waals surface area contributed by atoms with Crippen LogP contribution >= 0.6 is 0 Å². The Hall–Kier alpha value is -2.12. The van der Waals surface area contributed by atoms with Gasteiger partial charge in [0.2, 0.25) is 11.8 Å². The van der Waals surface area contributed by atoms with E-state index >= 15 is 0 Å². The molecule has 2 saturated heterocycles. The molecule has 2 heterocycles. The van der Waals surface area contributed by atoms with E-state index in [1.807, 2.05) is 52.1 Å². The van der Waals surface area contributed by atoms with Gasteiger partial charge in [-0.05, 0) is 18.6 Å². The molecule has 0 aliphatic carbocycles. The van der Waals surface area contributed by atoms with Gasteiger partial charge in [0.05, 0.1) is 32.4 Å². The Bertz CT molecular complexity index is 617. The van der Waals surface area contributed by atoms with Gasteiger partial charge < -0.3 is 24.2 Å². The highest BCUT2D eigenvalue weighted by Gasteiger charge is 2.31. The number of para-hydroxylation sites is 1. The summed E-state index contributed by atoms with van der Waals surface area (Å²) < 4.78 is 11.0. The summed E-state index contributed by atoms with van der Waals surface area (Å²) in [6.45, 7) is 4.37. The van der Waals surface area contributed by atoms with Crippen LogP contribution in [0, 0.1) is 0 Å². The van der Waals surface area contributed by atoms with E-state index in [4.69, 9.17) is 9.47 Å². The van der Waals surface area contributed by atoms with Crippen LogP contribution in [0.3, 0.4) is 0 Å². The third-order valence-electron chi connectivity index (χ3n) is 5.10. The van der Waals surface area contributed by atoms with Crippen molar-refractivity contribution in [3.63, 3.8) is 0 Å². The summed E-state index contributed by atoms with van der Waals surface area (Å²) in [5, 5.41) is 0. The maximum atomic E-state index is 12.9. The highest BCUT2D eigenvalue weighted by atomic mass is 16.5. The number of nitrogens with zero attached hydrogens (tertiary/aromatic N) is 3. The average molecular weight is 375 g/mol. The molecule has 7 heteroatoms. The van der Waals surface area contributed by atoms with Gasteiger partial charge in [0, 0.05) is 45.4 Å². The first-order valence-electron chi connectivity index (χ1n) is 9.64. The fraction of sp³-hybridized carbons (Fsp3) is 0.600. The molecule has 3 rings (SSSR count). The average Bonchev–Trinajstić information content (AvgIpc) is 2.98. The monoisotopic (exact) mass is 375 g/mol. The number of likely N-dealkylation sites (N-methyl/N-ethyl adjacent to an activating group) is 1. The molecule has 148 valence electrons. The van der Waals surface area contributed by atoms with Gasteiger partial charge in [-0.25, -0.2) is 0 Å². The highest BCUT2D eigenvalue weighted by Crippen LogP contribution is 2.16. The minimum Gasteiger partial charge on any atom is -0.380 e. The molecule has 1 aromatic carbocycles. The second-order valence-corrected chi connectivity index (χ2v) is 7.06. The molecule has 0 bridgehead atoms. The van der Waals surface area contributed by atoms with Crippen molar-refractivity contribution >= 4 is 17.5 Å². The second kappa shape index (κ2) is 9.71. The number of carbonyl (C=O) groups excluding carboxylic acids is 2. The predicted octanol–water partition coefficient (Wildman–Crippen LogP) is 0.989. The molecule has 2 aliphatic heterocycles. The second-order valence-electron chi connectivity index (χ2n) is 7.06. The molecule has 0 aromatic heterocycles. The zero-order valence-corrected chi connectivity index (χ0v) is 16.0. The van der Waals surface area contributed by atoms with Crippen LogP contribution in [0.2, 0.25) is 0 Å². The normalized spacial score (nSPS) is 20.9. The van der Waals surface area contributed by atoms with Crippen LogP contribution in [0.25, 0.3) is 0 Å². The number of morpholine rings is 1. The fourth-order valence-electron chi connectivity index (χ4n) is 3.55. The lowest BCUT2D eigenvalue weighted by atomic mass is 10.1. The van der Waals surface area contributed by atoms with Crippen molar-refractivity contribution in [3.8, 4) is 0 Å². The fourth-order valence-corrected chi connectivity index (χ4v) is 3.55. The Morgan fingerprint density at radius 3 is 2.63 bits per heavy atom. The number of anilines is 1. The third kappa shape index (κ3) is 5.43. The predicted molar refractivity (Wildman–Crippen MR) is 103 cm³/mol. The van der Waals surface area contributed by atoms with E-state index in [9.17, 15) is 9.59 Å². The summed E-state index contributed by atoms with van der Waals surface area (Å²) in [4.78, 5) is 31.2. The number of carbonyl (C=O) groups is 2. The first-order valence-corrected chi connectivity index (χ1v) is 9.64. The lowest BCUT2D eigenvalue weighted by molar-refractivity contribution is -0.142. The number of amides is 2. The molecule has 27 heavy (non-hydrogen) atoms. The standard InChI is InChI=1S/C20H29N3O4/c1-21(17-6-3-2-4-7-17)15-20(25)23-10-13-27-16-18(23)14-19(24)22-8-5-11-26-12-9-22/h2-4,6-7,18H,5,8-16H2,1H3/t18-/m1/s1. The Labute approximate surface area is 160 Å². The maximum absolute atomic E-state index is 12.9. The lowest BCUT2D eigenvalue weighted by Gasteiger charge is -2.37. The van der Waals surface area contributed by atoms with Gasteiger partial charge in [0.15, 0.2) is 0 Å². The van der Waals surface area contributed by atoms with E-state index in [2.05, 4.69) is 0 Å². The van der Waals surface area contributed by atoms with Gasteiger partial charge in [-0.2, -0.15) is 0 Å². The molecular weight excluding hydrogens is 346 g/mol. The lowest BCUT2D eigenvalue weighted by Crippen LogP contribution is -2.53. The molecule has 0 N–H and O–H groups in total. The Balaban J connectivity index is 1.58. The van der Waals surface area contributed by atoms with Crippen molar-refractivity contribution in [2.45, 2.75) is 18.9 Å². The molecule has 2 fully saturated rings. The molecule has 1 aromatic rings. The number of hydrogen-bond acceptors (Lipinski definition) is 5. The van der Waals surface area contributed by atoms with E-state index in [-0.39, 0.29) is 24.4 Å². The van der Waals surface area contributed by atoms with Crippen molar-refractivity contribution < 1.29 is 19.1 Å². The van der Waals surface area contributed by atoms with E-state index in [0.717, 1.165) is 18.7 Å². The zero-order valence-electron chi connectivity index (χ0n) is 16.0. The van der Waals surface area contributed by atoms with Crippen LogP contribution in [0.1, 0.15) is 12.8 Å². The van der Waals surface area contributed by atoms with Crippen molar-refractivity contribution in [1.82, 2.24) is 9.80 Å². The summed E-state index contributed by atoms with van der Waals surface area (Å²) in [6, 6.07) is 9.63. The molecule has 0 saturated carbocycles. The van der Waals surface area contributed by atoms with Crippen LogP contribution in [-0.2, 0) is 19.1 Å². The summed E-state index contributed by atoms with van der Waals surface area (Å²) in [6.07, 6.45) is 1.16. The van der Waals surface area contributed by atoms with Crippen molar-refractivity contribution in [2.75, 3.05) is 64.6 Å². The van der Waals surface area contributed by atoms with Crippen LogP contribution in [0.5, 0.6) is 0 Å². The number of hydrogen-bond donors (Lipinski definition) is 0. The number of ether oxygens (including phenoxy) is 2. The molecule has 0 radical (unpaired) electrons. The SMILES string of the molecule is CN(CC(=O)N1CCOC[C@H]1CC(=O)N1CCCOCC1)c1ccccc1. The van der Waals surface area contributed by atoms with Gasteiger partial charge in [-0.15, -0.1) is 0 Å². The summed E-state index contributed by atoms with van der Waals surface area (Å²) in [5.74, 6) is 0.104. The Morgan fingerprint density at radius 2 is 1.81 bits per heavy atom. The first kappa shape index (κ1) is 19.6. The van der Waals surface area contributed by atoms with E-state index in [0.29, 0.717) is 45.9 Å². The van der Waals surface area contributed by atoms with Crippen LogP contribution < -0.4 is 4.90 Å². The Kier molecular flexibility index (Phi) is 7.06. The van der Waals surface area contributed by atoms with Crippen molar-refractivity contribution in [3.05, 3.63) is 30.3 Å². The van der Waals surface area contributed by atoms with Gasteiger partial charge in [-0.3, -0.25) is 9.59 Å². The molecule has 7 nitrogen and oxygen atoms in total. The molecular formula is C20H29N3O4. The molecule has 1 atom stereocenters. The van der Waals surface area contributed by atoms with Gasteiger partial charge in [0.1, 0.15) is 0 Å². The van der Waals surface area contributed by atoms with E-state index < -0.39 is 0 Å². The third-order valence-corrected chi connectivity index (χ3v) is 5.10. The van der Waals surface area contributed by atoms with Crippen LogP contribution in [0.4, 0.5) is 5.69 Å². The summed E-state index contributed by atoms with van der Waals surface area (Å²) >= 11 is 0. The smallest absolute Gasteiger partial charge is 0.242 e. The summed E-state index contributed by atoms with van der Waals surface area (Å²) in [5.41, 5.74) is 0.997. The van der Waals surface area contributed by atoms with E-state index in [1.54, 1.807) is 0 Å². The van der Waals surface area contributed by atoms with Crippen LogP contribution in [0.15, 0.2) is 30.3 Å². The minimum absolute atomic E-state index is 0.0293. The molecule has 0 unspecified atom stereocenters. The topological polar surface area (TPSA) is 62.3 Å². The number of rotatable bonds is 5. The van der Waals surface area contributed by atoms with Gasteiger partial charge in [0.25, 0.3) is 0 Å². The molecule has 2 aliphatic rings. The number of benzene rings is 1. The Morgan fingerprint density at radius 1 is 1.04 bits per heavy atom. The van der Waals surface area contributed by atoms with Crippen molar-refractivity contribution in [2.24, 2.45) is 0 Å². The largest absolute Gasteiger partial charge is 0.380 e. The first-order chi connectivity index (χ1) is 13.1. The molecule has 0 spiro atoms. The van der Waals surface area contributed by atoms with Gasteiger partial charge in [-0.1, -0.05) is 18.2 Å². The van der Waals surface area contributed by atoms with Gasteiger partial charge >= 0.3 is 0 Å². The highest BCUT2D eigenvalue weighted by molar-refractivity contribution is 5.83.